The molecule has 13 nitrogen and oxygen atoms in total. The highest BCUT2D eigenvalue weighted by Crippen LogP contribution is 2.43. The van der Waals surface area contributed by atoms with Crippen LogP contribution in [-0.2, 0) is 28.4 Å². The maximum Gasteiger partial charge on any atom is 0.413 e. The summed E-state index contributed by atoms with van der Waals surface area (Å²) >= 11 is 0. The maximum atomic E-state index is 12.7. The highest BCUT2D eigenvalue weighted by atomic mass is 16.8. The van der Waals surface area contributed by atoms with Crippen molar-refractivity contribution >= 4 is 22.9 Å². The molecule has 3 saturated heterocycles. The second kappa shape index (κ2) is 11.6. The highest BCUT2D eigenvalue weighted by Gasteiger charge is 2.56. The van der Waals surface area contributed by atoms with E-state index in [0.29, 0.717) is 17.6 Å². The molecular formula is C27H35N5O8. The Kier molecular flexibility index (Phi) is 7.89. The van der Waals surface area contributed by atoms with Gasteiger partial charge in [-0.2, -0.15) is 5.10 Å². The van der Waals surface area contributed by atoms with E-state index in [0.717, 1.165) is 44.9 Å². The molecule has 0 aromatic carbocycles. The molecule has 1 unspecified atom stereocenters. The van der Waals surface area contributed by atoms with Crippen LogP contribution in [0.25, 0.3) is 11.0 Å². The average molecular weight is 558 g/mol. The van der Waals surface area contributed by atoms with Crippen LogP contribution in [0.3, 0.4) is 0 Å². The molecule has 2 aromatic rings. The summed E-state index contributed by atoms with van der Waals surface area (Å²) in [5.74, 6) is 5.40. The van der Waals surface area contributed by atoms with Crippen molar-refractivity contribution in [1.82, 2.24) is 19.7 Å². The van der Waals surface area contributed by atoms with Gasteiger partial charge in [0.1, 0.15) is 31.0 Å². The molecule has 1 aliphatic carbocycles. The Labute approximate surface area is 231 Å². The number of aliphatic hydroxyl groups is 1. The minimum absolute atomic E-state index is 0.111. The summed E-state index contributed by atoms with van der Waals surface area (Å²) in [4.78, 5) is 21.9. The zero-order valence-corrected chi connectivity index (χ0v) is 22.7. The molecule has 1 saturated carbocycles. The lowest BCUT2D eigenvalue weighted by Gasteiger charge is -2.23. The summed E-state index contributed by atoms with van der Waals surface area (Å²) in [5, 5.41) is 17.7. The quantitative estimate of drug-likeness (QED) is 0.505. The van der Waals surface area contributed by atoms with Crippen molar-refractivity contribution in [3.63, 3.8) is 0 Å². The van der Waals surface area contributed by atoms with Gasteiger partial charge in [0.05, 0.1) is 18.2 Å². The molecule has 3 aliphatic heterocycles. The normalized spacial score (nSPS) is 29.7. The Morgan fingerprint density at radius 2 is 1.98 bits per heavy atom. The Morgan fingerprint density at radius 3 is 2.75 bits per heavy atom. The molecule has 216 valence electrons. The predicted molar refractivity (Wildman–Crippen MR) is 139 cm³/mol. The molecule has 0 spiro atoms. The van der Waals surface area contributed by atoms with Crippen LogP contribution in [0.1, 0.15) is 70.8 Å². The molecule has 0 radical (unpaired) electrons. The van der Waals surface area contributed by atoms with Crippen LogP contribution in [0.4, 0.5) is 10.6 Å². The number of aromatic nitrogens is 4. The van der Waals surface area contributed by atoms with Gasteiger partial charge in [-0.05, 0) is 64.7 Å². The van der Waals surface area contributed by atoms with Crippen LogP contribution in [0.15, 0.2) is 6.20 Å². The minimum Gasteiger partial charge on any atom is -0.446 e. The van der Waals surface area contributed by atoms with Gasteiger partial charge in [0, 0.05) is 6.61 Å². The van der Waals surface area contributed by atoms with E-state index in [-0.39, 0.29) is 37.3 Å². The monoisotopic (exact) mass is 557 g/mol. The van der Waals surface area contributed by atoms with Crippen LogP contribution in [0.2, 0.25) is 0 Å². The molecule has 6 rings (SSSR count). The molecule has 5 atom stereocenters. The number of nitrogens with zero attached hydrogens (tertiary/aromatic N) is 4. The first-order chi connectivity index (χ1) is 19.4. The van der Waals surface area contributed by atoms with E-state index >= 15 is 0 Å². The van der Waals surface area contributed by atoms with Crippen molar-refractivity contribution in [1.29, 1.82) is 0 Å². The number of hydrogen-bond acceptors (Lipinski definition) is 11. The molecule has 4 fully saturated rings. The first-order valence-corrected chi connectivity index (χ1v) is 14.0. The Morgan fingerprint density at radius 1 is 1.18 bits per heavy atom. The van der Waals surface area contributed by atoms with E-state index < -0.39 is 36.4 Å². The number of carbonyl (C=O) groups excluding carboxylic acids is 1. The predicted octanol–water partition coefficient (Wildman–Crippen LogP) is 2.62. The fourth-order valence-electron chi connectivity index (χ4n) is 5.64. The SMILES string of the molecule is CC1(C)O[C@@H]2[C@H](O1)[C@@H](CO)O[C@H]2n1ncc2c(NC(=O)OC3CCCC3)nc(C#CCOC3CCCCO3)nc21. The fraction of sp³-hybridized carbons (Fsp3) is 0.704. The third kappa shape index (κ3) is 5.79. The van der Waals surface area contributed by atoms with Crippen LogP contribution >= 0.6 is 0 Å². The van der Waals surface area contributed by atoms with Crippen LogP contribution < -0.4 is 5.32 Å². The smallest absolute Gasteiger partial charge is 0.413 e. The molecule has 5 heterocycles. The lowest BCUT2D eigenvalue weighted by atomic mass is 10.1. The molecule has 13 heteroatoms. The van der Waals surface area contributed by atoms with Crippen LogP contribution in [0, 0.1) is 11.8 Å². The number of rotatable bonds is 6. The van der Waals surface area contributed by atoms with Crippen LogP contribution in [-0.4, -0.2) is 87.3 Å². The molecule has 4 aliphatic rings. The number of nitrogens with one attached hydrogen (secondary N) is 1. The van der Waals surface area contributed by atoms with Gasteiger partial charge >= 0.3 is 6.09 Å². The van der Waals surface area contributed by atoms with E-state index in [1.807, 2.05) is 13.8 Å². The summed E-state index contributed by atoms with van der Waals surface area (Å²) in [5.41, 5.74) is 0.377. The third-order valence-corrected chi connectivity index (χ3v) is 7.48. The number of carbonyl (C=O) groups is 1. The van der Waals surface area contributed by atoms with Crippen molar-refractivity contribution in [2.45, 2.75) is 102 Å². The summed E-state index contributed by atoms with van der Waals surface area (Å²) in [6, 6.07) is 0. The Bertz CT molecular complexity index is 1280. The van der Waals surface area contributed by atoms with Gasteiger partial charge < -0.3 is 33.5 Å². The van der Waals surface area contributed by atoms with Gasteiger partial charge in [0.2, 0.25) is 5.82 Å². The van der Waals surface area contributed by atoms with Crippen LogP contribution in [0.5, 0.6) is 0 Å². The number of amides is 1. The number of hydrogen-bond donors (Lipinski definition) is 2. The van der Waals surface area contributed by atoms with Gasteiger partial charge in [0.15, 0.2) is 29.8 Å². The van der Waals surface area contributed by atoms with Gasteiger partial charge in [-0.25, -0.2) is 19.4 Å². The fourth-order valence-corrected chi connectivity index (χ4v) is 5.64. The van der Waals surface area contributed by atoms with Crippen molar-refractivity contribution in [2.24, 2.45) is 0 Å². The molecule has 40 heavy (non-hydrogen) atoms. The Balaban J connectivity index is 1.29. The third-order valence-electron chi connectivity index (χ3n) is 7.48. The average Bonchev–Trinajstić information content (AvgIpc) is 3.71. The van der Waals surface area contributed by atoms with E-state index in [2.05, 4.69) is 32.2 Å². The molecular weight excluding hydrogens is 522 g/mol. The van der Waals surface area contributed by atoms with Crippen molar-refractivity contribution < 1.29 is 38.3 Å². The lowest BCUT2D eigenvalue weighted by molar-refractivity contribution is -0.201. The Hall–Kier alpha value is -2.86. The van der Waals surface area contributed by atoms with Crippen molar-refractivity contribution in [3.8, 4) is 11.8 Å². The first-order valence-electron chi connectivity index (χ1n) is 14.0. The van der Waals surface area contributed by atoms with Gasteiger partial charge in [-0.3, -0.25) is 5.32 Å². The first kappa shape index (κ1) is 27.3. The van der Waals surface area contributed by atoms with E-state index in [4.69, 9.17) is 28.4 Å². The van der Waals surface area contributed by atoms with Gasteiger partial charge in [-0.1, -0.05) is 5.92 Å². The highest BCUT2D eigenvalue weighted by molar-refractivity contribution is 5.95. The van der Waals surface area contributed by atoms with Gasteiger partial charge in [0.25, 0.3) is 0 Å². The van der Waals surface area contributed by atoms with E-state index in [1.165, 1.54) is 0 Å². The summed E-state index contributed by atoms with van der Waals surface area (Å²) in [6.45, 7) is 4.21. The number of anilines is 1. The van der Waals surface area contributed by atoms with E-state index in [9.17, 15) is 9.90 Å². The van der Waals surface area contributed by atoms with Crippen molar-refractivity contribution in [3.05, 3.63) is 12.0 Å². The summed E-state index contributed by atoms with van der Waals surface area (Å²) in [6.07, 6.45) is 4.92. The number of fused-ring (bicyclic) bond motifs is 2. The topological polar surface area (TPSA) is 148 Å². The van der Waals surface area contributed by atoms with E-state index in [1.54, 1.807) is 10.9 Å². The standard InChI is InChI=1S/C27H35N5O8/c1-27(2)39-21-18(15-33)38-25(22(21)40-27)32-24-17(14-28-32)23(31-26(34)37-16-8-3-4-9-16)29-19(30-24)10-7-13-36-20-11-5-6-12-35-20/h14,16,18,20-22,25,33H,3-6,8-9,11-13,15H2,1-2H3,(H,29,30,31,34)/t18-,20?,21-,22-,25-/m1/s1. The summed E-state index contributed by atoms with van der Waals surface area (Å²) < 4.78 is 36.6. The zero-order valence-electron chi connectivity index (χ0n) is 22.7. The zero-order chi connectivity index (χ0) is 27.7. The number of ether oxygens (including phenoxy) is 6. The van der Waals surface area contributed by atoms with Crippen molar-refractivity contribution in [2.75, 3.05) is 25.1 Å². The largest absolute Gasteiger partial charge is 0.446 e. The number of aliphatic hydroxyl groups excluding tert-OH is 1. The second-order valence-corrected chi connectivity index (χ2v) is 10.9. The maximum absolute atomic E-state index is 12.7. The molecule has 2 N–H and O–H groups in total. The molecule has 0 bridgehead atoms. The summed E-state index contributed by atoms with van der Waals surface area (Å²) in [7, 11) is 0. The molecule has 2 aromatic heterocycles. The van der Waals surface area contributed by atoms with Gasteiger partial charge in [-0.15, -0.1) is 0 Å². The molecule has 1 amide bonds. The second-order valence-electron chi connectivity index (χ2n) is 10.9. The minimum atomic E-state index is -0.849. The lowest BCUT2D eigenvalue weighted by Crippen LogP contribution is -2.31.